The van der Waals surface area contributed by atoms with Crippen molar-refractivity contribution < 1.29 is 14.3 Å². The van der Waals surface area contributed by atoms with E-state index in [0.29, 0.717) is 31.3 Å². The molecular formula is C20H23ClN2O3. The van der Waals surface area contributed by atoms with Crippen LogP contribution in [0.2, 0.25) is 5.02 Å². The Morgan fingerprint density at radius 3 is 2.69 bits per heavy atom. The molecule has 1 fully saturated rings. The average Bonchev–Trinajstić information content (AvgIpc) is 2.69. The first-order chi connectivity index (χ1) is 12.8. The highest BCUT2D eigenvalue weighted by atomic mass is 35.5. The van der Waals surface area contributed by atoms with E-state index in [1.54, 1.807) is 0 Å². The summed E-state index contributed by atoms with van der Waals surface area (Å²) in [5, 5.41) is 4.00. The maximum atomic E-state index is 12.6. The number of carbonyl (C=O) groups excluding carboxylic acids is 1. The molecule has 1 amide bonds. The van der Waals surface area contributed by atoms with Crippen molar-refractivity contribution in [3.63, 3.8) is 0 Å². The highest BCUT2D eigenvalue weighted by molar-refractivity contribution is 6.31. The van der Waals surface area contributed by atoms with Gasteiger partial charge in [-0.25, -0.2) is 0 Å². The molecule has 1 aliphatic heterocycles. The van der Waals surface area contributed by atoms with E-state index in [4.69, 9.17) is 21.1 Å². The molecule has 138 valence electrons. The van der Waals surface area contributed by atoms with Crippen molar-refractivity contribution in [2.45, 2.75) is 6.04 Å². The lowest BCUT2D eigenvalue weighted by Crippen LogP contribution is -2.49. The maximum absolute atomic E-state index is 12.6. The number of amides is 1. The lowest BCUT2D eigenvalue weighted by atomic mass is 10.0. The van der Waals surface area contributed by atoms with Crippen molar-refractivity contribution in [1.82, 2.24) is 10.2 Å². The van der Waals surface area contributed by atoms with Crippen LogP contribution in [0.4, 0.5) is 0 Å². The van der Waals surface area contributed by atoms with E-state index < -0.39 is 0 Å². The van der Waals surface area contributed by atoms with Crippen molar-refractivity contribution in [2.24, 2.45) is 0 Å². The van der Waals surface area contributed by atoms with Crippen LogP contribution >= 0.6 is 11.6 Å². The molecule has 26 heavy (non-hydrogen) atoms. The molecule has 1 atom stereocenters. The monoisotopic (exact) mass is 374 g/mol. The SMILES string of the molecule is O=C(COCCOc1ccccc1)N1CCNCC1c1ccccc1Cl. The fraction of sp³-hybridized carbons (Fsp3) is 0.350. The molecule has 1 saturated heterocycles. The Kier molecular flexibility index (Phi) is 6.89. The number of nitrogens with one attached hydrogen (secondary N) is 1. The smallest absolute Gasteiger partial charge is 0.249 e. The highest BCUT2D eigenvalue weighted by Gasteiger charge is 2.28. The van der Waals surface area contributed by atoms with Gasteiger partial charge in [0.1, 0.15) is 19.0 Å². The minimum Gasteiger partial charge on any atom is -0.491 e. The molecule has 0 aromatic heterocycles. The number of piperazine rings is 1. The number of rotatable bonds is 7. The summed E-state index contributed by atoms with van der Waals surface area (Å²) in [5.41, 5.74) is 0.960. The summed E-state index contributed by atoms with van der Waals surface area (Å²) < 4.78 is 11.1. The number of carbonyl (C=O) groups is 1. The van der Waals surface area contributed by atoms with Crippen LogP contribution in [0.15, 0.2) is 54.6 Å². The van der Waals surface area contributed by atoms with Crippen molar-refractivity contribution in [3.05, 3.63) is 65.2 Å². The summed E-state index contributed by atoms with van der Waals surface area (Å²) in [6.07, 6.45) is 0. The number of benzene rings is 2. The largest absolute Gasteiger partial charge is 0.491 e. The number of hydrogen-bond donors (Lipinski definition) is 1. The molecule has 0 bridgehead atoms. The van der Waals surface area contributed by atoms with Gasteiger partial charge in [-0.3, -0.25) is 4.79 Å². The van der Waals surface area contributed by atoms with Gasteiger partial charge < -0.3 is 19.7 Å². The van der Waals surface area contributed by atoms with Gasteiger partial charge in [0.05, 0.1) is 12.6 Å². The van der Waals surface area contributed by atoms with E-state index in [1.807, 2.05) is 59.5 Å². The second-order valence-corrected chi connectivity index (χ2v) is 6.45. The van der Waals surface area contributed by atoms with Crippen LogP contribution in [0.25, 0.3) is 0 Å². The van der Waals surface area contributed by atoms with Crippen LogP contribution in [0.3, 0.4) is 0 Å². The first-order valence-electron chi connectivity index (χ1n) is 8.76. The third-order valence-corrected chi connectivity index (χ3v) is 4.64. The van der Waals surface area contributed by atoms with Crippen molar-refractivity contribution in [2.75, 3.05) is 39.5 Å². The zero-order valence-corrected chi connectivity index (χ0v) is 15.3. The molecule has 1 N–H and O–H groups in total. The fourth-order valence-electron chi connectivity index (χ4n) is 3.00. The van der Waals surface area contributed by atoms with Crippen molar-refractivity contribution in [3.8, 4) is 5.75 Å². The van der Waals surface area contributed by atoms with Gasteiger partial charge in [-0.15, -0.1) is 0 Å². The molecule has 1 unspecified atom stereocenters. The molecule has 5 nitrogen and oxygen atoms in total. The molecule has 6 heteroatoms. The Bertz CT molecular complexity index is 711. The third kappa shape index (κ3) is 4.97. The summed E-state index contributed by atoms with van der Waals surface area (Å²) in [6.45, 7) is 2.91. The normalized spacial score (nSPS) is 17.1. The summed E-state index contributed by atoms with van der Waals surface area (Å²) in [6, 6.07) is 17.1. The molecular weight excluding hydrogens is 352 g/mol. The molecule has 1 aliphatic rings. The predicted octanol–water partition coefficient (Wildman–Crippen LogP) is 2.91. The lowest BCUT2D eigenvalue weighted by Gasteiger charge is -2.37. The van der Waals surface area contributed by atoms with Crippen LogP contribution in [0, 0.1) is 0 Å². The number of para-hydroxylation sites is 1. The predicted molar refractivity (Wildman–Crippen MR) is 102 cm³/mol. The average molecular weight is 375 g/mol. The zero-order valence-electron chi connectivity index (χ0n) is 14.6. The molecule has 1 heterocycles. The molecule has 2 aromatic carbocycles. The number of hydrogen-bond acceptors (Lipinski definition) is 4. The second-order valence-electron chi connectivity index (χ2n) is 6.04. The van der Waals surface area contributed by atoms with Crippen LogP contribution in [0.5, 0.6) is 5.75 Å². The Balaban J connectivity index is 1.48. The van der Waals surface area contributed by atoms with Gasteiger partial charge in [0, 0.05) is 24.7 Å². The molecule has 0 radical (unpaired) electrons. The fourth-order valence-corrected chi connectivity index (χ4v) is 3.27. The van der Waals surface area contributed by atoms with Crippen molar-refractivity contribution in [1.29, 1.82) is 0 Å². The number of nitrogens with zero attached hydrogens (tertiary/aromatic N) is 1. The first-order valence-corrected chi connectivity index (χ1v) is 9.13. The Hall–Kier alpha value is -2.08. The Morgan fingerprint density at radius 1 is 1.12 bits per heavy atom. The van der Waals surface area contributed by atoms with E-state index in [0.717, 1.165) is 17.9 Å². The van der Waals surface area contributed by atoms with Gasteiger partial charge in [-0.1, -0.05) is 48.0 Å². The summed E-state index contributed by atoms with van der Waals surface area (Å²) >= 11 is 6.32. The molecule has 0 saturated carbocycles. The molecule has 0 spiro atoms. The Labute approximate surface area is 158 Å². The topological polar surface area (TPSA) is 50.8 Å². The van der Waals surface area contributed by atoms with E-state index >= 15 is 0 Å². The van der Waals surface area contributed by atoms with Gasteiger partial charge in [-0.05, 0) is 23.8 Å². The molecule has 0 aliphatic carbocycles. The molecule has 2 aromatic rings. The van der Waals surface area contributed by atoms with Crippen LogP contribution < -0.4 is 10.1 Å². The van der Waals surface area contributed by atoms with E-state index in [9.17, 15) is 4.79 Å². The minimum atomic E-state index is -0.0749. The number of halogens is 1. The van der Waals surface area contributed by atoms with Gasteiger partial charge in [0.25, 0.3) is 0 Å². The van der Waals surface area contributed by atoms with E-state index in [2.05, 4.69) is 5.32 Å². The van der Waals surface area contributed by atoms with Gasteiger partial charge in [-0.2, -0.15) is 0 Å². The van der Waals surface area contributed by atoms with Gasteiger partial charge >= 0.3 is 0 Å². The molecule has 3 rings (SSSR count). The van der Waals surface area contributed by atoms with E-state index in [-0.39, 0.29) is 18.6 Å². The third-order valence-electron chi connectivity index (χ3n) is 4.29. The first kappa shape index (κ1) is 18.7. The maximum Gasteiger partial charge on any atom is 0.249 e. The van der Waals surface area contributed by atoms with Crippen LogP contribution in [0.1, 0.15) is 11.6 Å². The van der Waals surface area contributed by atoms with Crippen LogP contribution in [-0.4, -0.2) is 50.3 Å². The summed E-state index contributed by atoms with van der Waals surface area (Å²) in [7, 11) is 0. The highest BCUT2D eigenvalue weighted by Crippen LogP contribution is 2.28. The van der Waals surface area contributed by atoms with E-state index in [1.165, 1.54) is 0 Å². The van der Waals surface area contributed by atoms with Crippen molar-refractivity contribution >= 4 is 17.5 Å². The van der Waals surface area contributed by atoms with Gasteiger partial charge in [0.2, 0.25) is 5.91 Å². The van der Waals surface area contributed by atoms with Crippen LogP contribution in [-0.2, 0) is 9.53 Å². The quantitative estimate of drug-likeness (QED) is 0.757. The summed E-state index contributed by atoms with van der Waals surface area (Å²) in [5.74, 6) is 0.763. The zero-order chi connectivity index (χ0) is 18.2. The Morgan fingerprint density at radius 2 is 1.88 bits per heavy atom. The number of ether oxygens (including phenoxy) is 2. The summed E-state index contributed by atoms with van der Waals surface area (Å²) in [4.78, 5) is 14.5. The lowest BCUT2D eigenvalue weighted by molar-refractivity contribution is -0.139. The standard InChI is InChI=1S/C20H23ClN2O3/c21-18-9-5-4-8-17(18)19-14-22-10-11-23(19)20(24)15-25-12-13-26-16-6-2-1-3-7-16/h1-9,19,22H,10-15H2. The van der Waals surface area contributed by atoms with Gasteiger partial charge in [0.15, 0.2) is 0 Å². The minimum absolute atomic E-state index is 0.0314. The second kappa shape index (κ2) is 9.57.